The SMILES string of the molecule is O=C(Cn1c2ccccc2c(=O)c2ccccc21)Nc1cccc(OC[C@H]2CCCO2)c1. The number of ether oxygens (including phenoxy) is 2. The van der Waals surface area contributed by atoms with Crippen LogP contribution in [0.25, 0.3) is 21.8 Å². The number of anilines is 1. The third kappa shape index (κ3) is 4.09. The minimum Gasteiger partial charge on any atom is -0.491 e. The quantitative estimate of drug-likeness (QED) is 0.464. The Balaban J connectivity index is 1.38. The average Bonchev–Trinajstić information content (AvgIpc) is 3.34. The molecule has 6 nitrogen and oxygen atoms in total. The molecule has 6 heteroatoms. The van der Waals surface area contributed by atoms with Crippen LogP contribution in [0.1, 0.15) is 12.8 Å². The van der Waals surface area contributed by atoms with Crippen molar-refractivity contribution >= 4 is 33.4 Å². The minimum atomic E-state index is -0.180. The molecular formula is C26H24N2O4. The number of rotatable bonds is 6. The topological polar surface area (TPSA) is 69.6 Å². The van der Waals surface area contributed by atoms with Crippen LogP contribution in [0.2, 0.25) is 0 Å². The van der Waals surface area contributed by atoms with Gasteiger partial charge in [0.15, 0.2) is 5.43 Å². The molecule has 32 heavy (non-hydrogen) atoms. The van der Waals surface area contributed by atoms with Crippen molar-refractivity contribution in [1.82, 2.24) is 4.57 Å². The highest BCUT2D eigenvalue weighted by atomic mass is 16.5. The fraction of sp³-hybridized carbons (Fsp3) is 0.231. The molecule has 1 aliphatic heterocycles. The molecule has 162 valence electrons. The summed E-state index contributed by atoms with van der Waals surface area (Å²) in [4.78, 5) is 25.8. The predicted molar refractivity (Wildman–Crippen MR) is 125 cm³/mol. The van der Waals surface area contributed by atoms with Crippen LogP contribution in [0.15, 0.2) is 77.6 Å². The number of pyridine rings is 1. The van der Waals surface area contributed by atoms with Crippen molar-refractivity contribution in [3.63, 3.8) is 0 Å². The summed E-state index contributed by atoms with van der Waals surface area (Å²) >= 11 is 0. The highest BCUT2D eigenvalue weighted by molar-refractivity contribution is 5.97. The molecule has 1 amide bonds. The second-order valence-electron chi connectivity index (χ2n) is 7.97. The number of nitrogens with one attached hydrogen (secondary N) is 1. The summed E-state index contributed by atoms with van der Waals surface area (Å²) in [6.07, 6.45) is 2.21. The number of amides is 1. The number of carbonyl (C=O) groups excluding carboxylic acids is 1. The fourth-order valence-electron chi connectivity index (χ4n) is 4.22. The molecule has 5 rings (SSSR count). The third-order valence-electron chi connectivity index (χ3n) is 5.76. The molecule has 1 aliphatic rings. The zero-order valence-electron chi connectivity index (χ0n) is 17.6. The summed E-state index contributed by atoms with van der Waals surface area (Å²) < 4.78 is 13.3. The first kappa shape index (κ1) is 20.3. The Bertz CT molecular complexity index is 1280. The molecule has 1 fully saturated rings. The van der Waals surface area contributed by atoms with Gasteiger partial charge in [-0.25, -0.2) is 0 Å². The van der Waals surface area contributed by atoms with Crippen molar-refractivity contribution in [2.45, 2.75) is 25.5 Å². The van der Waals surface area contributed by atoms with Crippen LogP contribution in [0, 0.1) is 0 Å². The highest BCUT2D eigenvalue weighted by Gasteiger charge is 2.16. The number of para-hydroxylation sites is 2. The van der Waals surface area contributed by atoms with Gasteiger partial charge in [-0.2, -0.15) is 0 Å². The summed E-state index contributed by atoms with van der Waals surface area (Å²) in [6, 6.07) is 22.1. The van der Waals surface area contributed by atoms with E-state index in [9.17, 15) is 9.59 Å². The van der Waals surface area contributed by atoms with Crippen LogP contribution < -0.4 is 15.5 Å². The first-order valence-corrected chi connectivity index (χ1v) is 10.8. The molecule has 1 aromatic heterocycles. The van der Waals surface area contributed by atoms with Crippen molar-refractivity contribution < 1.29 is 14.3 Å². The predicted octanol–water partition coefficient (Wildman–Crippen LogP) is 4.35. The monoisotopic (exact) mass is 428 g/mol. The maximum absolute atomic E-state index is 13.0. The Morgan fingerprint density at radius 2 is 1.72 bits per heavy atom. The van der Waals surface area contributed by atoms with E-state index >= 15 is 0 Å². The summed E-state index contributed by atoms with van der Waals surface area (Å²) in [5, 5.41) is 4.15. The van der Waals surface area contributed by atoms with Crippen molar-refractivity contribution in [2.75, 3.05) is 18.5 Å². The standard InChI is InChI=1S/C26H24N2O4/c29-25(27-18-7-5-8-19(15-18)32-17-20-9-6-14-31-20)16-28-23-12-3-1-10-21(23)26(30)22-11-2-4-13-24(22)28/h1-5,7-8,10-13,15,20H,6,9,14,16-17H2,(H,27,29)/t20-/m1/s1. The third-order valence-corrected chi connectivity index (χ3v) is 5.76. The Hall–Kier alpha value is -3.64. The van der Waals surface area contributed by atoms with Gasteiger partial charge in [0.2, 0.25) is 5.91 Å². The van der Waals surface area contributed by atoms with Crippen molar-refractivity contribution in [1.29, 1.82) is 0 Å². The molecule has 0 aliphatic carbocycles. The average molecular weight is 428 g/mol. The molecule has 1 N–H and O–H groups in total. The molecule has 0 saturated carbocycles. The van der Waals surface area contributed by atoms with Gasteiger partial charge < -0.3 is 19.4 Å². The maximum atomic E-state index is 13.0. The molecule has 1 atom stereocenters. The number of fused-ring (bicyclic) bond motifs is 2. The van der Waals surface area contributed by atoms with E-state index in [0.717, 1.165) is 30.5 Å². The van der Waals surface area contributed by atoms with Gasteiger partial charge in [-0.1, -0.05) is 30.3 Å². The summed E-state index contributed by atoms with van der Waals surface area (Å²) in [5.41, 5.74) is 2.11. The van der Waals surface area contributed by atoms with Gasteiger partial charge in [-0.15, -0.1) is 0 Å². The number of carbonyl (C=O) groups is 1. The van der Waals surface area contributed by atoms with Crippen molar-refractivity contribution in [3.05, 3.63) is 83.0 Å². The highest BCUT2D eigenvalue weighted by Crippen LogP contribution is 2.21. The lowest BCUT2D eigenvalue weighted by atomic mass is 10.1. The lowest BCUT2D eigenvalue weighted by Gasteiger charge is -2.16. The van der Waals surface area contributed by atoms with Gasteiger partial charge in [0.25, 0.3) is 0 Å². The number of nitrogens with zero attached hydrogens (tertiary/aromatic N) is 1. The largest absolute Gasteiger partial charge is 0.491 e. The van der Waals surface area contributed by atoms with Gasteiger partial charge in [0, 0.05) is 29.1 Å². The summed E-state index contributed by atoms with van der Waals surface area (Å²) in [7, 11) is 0. The first-order valence-electron chi connectivity index (χ1n) is 10.8. The molecule has 1 saturated heterocycles. The van der Waals surface area contributed by atoms with Gasteiger partial charge in [-0.05, 0) is 49.2 Å². The zero-order chi connectivity index (χ0) is 21.9. The lowest BCUT2D eigenvalue weighted by molar-refractivity contribution is -0.116. The molecule has 0 unspecified atom stereocenters. The van der Waals surface area contributed by atoms with Crippen molar-refractivity contribution in [2.24, 2.45) is 0 Å². The van der Waals surface area contributed by atoms with E-state index in [2.05, 4.69) is 5.32 Å². The number of benzene rings is 3. The van der Waals surface area contributed by atoms with Crippen LogP contribution in [-0.4, -0.2) is 29.8 Å². The number of hydrogen-bond acceptors (Lipinski definition) is 4. The van der Waals surface area contributed by atoms with Crippen molar-refractivity contribution in [3.8, 4) is 5.75 Å². The van der Waals surface area contributed by atoms with E-state index in [4.69, 9.17) is 9.47 Å². The van der Waals surface area contributed by atoms with Crippen LogP contribution in [0.3, 0.4) is 0 Å². The Kier molecular flexibility index (Phi) is 5.60. The van der Waals surface area contributed by atoms with Crippen LogP contribution in [-0.2, 0) is 16.1 Å². The molecule has 0 spiro atoms. The van der Waals surface area contributed by atoms with Crippen LogP contribution in [0.4, 0.5) is 5.69 Å². The first-order chi connectivity index (χ1) is 15.7. The summed E-state index contributed by atoms with van der Waals surface area (Å²) in [5.74, 6) is 0.512. The van der Waals surface area contributed by atoms with E-state index in [-0.39, 0.29) is 24.0 Å². The van der Waals surface area contributed by atoms with Crippen LogP contribution >= 0.6 is 0 Å². The van der Waals surface area contributed by atoms with Crippen LogP contribution in [0.5, 0.6) is 5.75 Å². The van der Waals surface area contributed by atoms with E-state index in [0.29, 0.717) is 28.8 Å². The number of aromatic nitrogens is 1. The van der Waals surface area contributed by atoms with Gasteiger partial charge >= 0.3 is 0 Å². The second-order valence-corrected chi connectivity index (χ2v) is 7.97. The van der Waals surface area contributed by atoms with Gasteiger partial charge in [-0.3, -0.25) is 9.59 Å². The lowest BCUT2D eigenvalue weighted by Crippen LogP contribution is -2.21. The summed E-state index contributed by atoms with van der Waals surface area (Å²) in [6.45, 7) is 1.38. The number of hydrogen-bond donors (Lipinski definition) is 1. The molecular weight excluding hydrogens is 404 g/mol. The molecule has 0 radical (unpaired) electrons. The van der Waals surface area contributed by atoms with E-state index < -0.39 is 0 Å². The fourth-order valence-corrected chi connectivity index (χ4v) is 4.22. The molecule has 0 bridgehead atoms. The molecule has 4 aromatic rings. The van der Waals surface area contributed by atoms with Gasteiger partial charge in [0.05, 0.1) is 17.1 Å². The normalized spacial score (nSPS) is 15.8. The Morgan fingerprint density at radius 1 is 1.00 bits per heavy atom. The molecule has 3 aromatic carbocycles. The van der Waals surface area contributed by atoms with E-state index in [1.54, 1.807) is 12.1 Å². The maximum Gasteiger partial charge on any atom is 0.244 e. The smallest absolute Gasteiger partial charge is 0.244 e. The van der Waals surface area contributed by atoms with E-state index in [1.807, 2.05) is 65.2 Å². The zero-order valence-corrected chi connectivity index (χ0v) is 17.6. The second kappa shape index (κ2) is 8.85. The Morgan fingerprint density at radius 3 is 2.41 bits per heavy atom. The molecule has 2 heterocycles. The van der Waals surface area contributed by atoms with E-state index in [1.165, 1.54) is 0 Å². The van der Waals surface area contributed by atoms with Gasteiger partial charge in [0.1, 0.15) is 18.9 Å². The Labute approximate surface area is 185 Å². The minimum absolute atomic E-state index is 0.0241.